The zero-order valence-corrected chi connectivity index (χ0v) is 10.0. The summed E-state index contributed by atoms with van der Waals surface area (Å²) in [5.74, 6) is 0.0422. The van der Waals surface area contributed by atoms with Crippen LogP contribution in [0.1, 0.15) is 12.5 Å². The van der Waals surface area contributed by atoms with Crippen LogP contribution in [-0.2, 0) is 9.53 Å². The van der Waals surface area contributed by atoms with Gasteiger partial charge < -0.3 is 15.4 Å². The van der Waals surface area contributed by atoms with Gasteiger partial charge in [-0.05, 0) is 25.5 Å². The highest BCUT2D eigenvalue weighted by Crippen LogP contribution is 2.38. The van der Waals surface area contributed by atoms with Gasteiger partial charge >= 0.3 is 0 Å². The van der Waals surface area contributed by atoms with Crippen LogP contribution < -0.4 is 10.6 Å². The fourth-order valence-corrected chi connectivity index (χ4v) is 2.50. The molecule has 2 N–H and O–H groups in total. The first-order chi connectivity index (χ1) is 8.11. The molecule has 0 aliphatic carbocycles. The minimum absolute atomic E-state index is 0.0422. The molecule has 2 aliphatic heterocycles. The van der Waals surface area contributed by atoms with Gasteiger partial charge in [0, 0.05) is 0 Å². The van der Waals surface area contributed by atoms with Gasteiger partial charge in [0.1, 0.15) is 0 Å². The lowest BCUT2D eigenvalue weighted by Gasteiger charge is -2.25. The van der Waals surface area contributed by atoms with E-state index in [1.165, 1.54) is 0 Å². The van der Waals surface area contributed by atoms with Crippen LogP contribution in [0.2, 0.25) is 0 Å². The van der Waals surface area contributed by atoms with E-state index in [0.29, 0.717) is 13.2 Å². The lowest BCUT2D eigenvalue weighted by molar-refractivity contribution is -0.124. The topological polar surface area (TPSA) is 50.4 Å². The highest BCUT2D eigenvalue weighted by atomic mass is 16.5. The Bertz CT molecular complexity index is 486. The van der Waals surface area contributed by atoms with Gasteiger partial charge in [-0.25, -0.2) is 0 Å². The van der Waals surface area contributed by atoms with Crippen molar-refractivity contribution in [3.05, 3.63) is 23.8 Å². The molecule has 4 nitrogen and oxygen atoms in total. The number of rotatable bonds is 0. The van der Waals surface area contributed by atoms with Crippen molar-refractivity contribution in [2.24, 2.45) is 5.41 Å². The number of benzene rings is 1. The van der Waals surface area contributed by atoms with Crippen LogP contribution in [0.4, 0.5) is 11.4 Å². The summed E-state index contributed by atoms with van der Waals surface area (Å²) in [6.45, 7) is 5.01. The number of nitrogens with one attached hydrogen (secondary N) is 2. The Morgan fingerprint density at radius 3 is 3.12 bits per heavy atom. The smallest absolute Gasteiger partial charge is 0.234 e. The maximum absolute atomic E-state index is 12.3. The second kappa shape index (κ2) is 3.47. The van der Waals surface area contributed by atoms with E-state index >= 15 is 0 Å². The number of hydrogen-bond acceptors (Lipinski definition) is 3. The molecule has 1 aromatic carbocycles. The number of hydrogen-bond donors (Lipinski definition) is 2. The minimum Gasteiger partial charge on any atom is -0.378 e. The monoisotopic (exact) mass is 232 g/mol. The van der Waals surface area contributed by atoms with Crippen LogP contribution in [0.3, 0.4) is 0 Å². The lowest BCUT2D eigenvalue weighted by atomic mass is 9.84. The molecule has 0 aromatic heterocycles. The minimum atomic E-state index is -0.481. The van der Waals surface area contributed by atoms with E-state index < -0.39 is 5.41 Å². The molecule has 0 saturated carbocycles. The molecule has 90 valence electrons. The van der Waals surface area contributed by atoms with Crippen molar-refractivity contribution in [3.63, 3.8) is 0 Å². The Morgan fingerprint density at radius 1 is 1.47 bits per heavy atom. The summed E-state index contributed by atoms with van der Waals surface area (Å²) in [6.07, 6.45) is 0. The molecule has 0 bridgehead atoms. The van der Waals surface area contributed by atoms with E-state index in [1.54, 1.807) is 0 Å². The Labute approximate surface area is 100 Å². The maximum Gasteiger partial charge on any atom is 0.234 e. The van der Waals surface area contributed by atoms with Gasteiger partial charge in [0.15, 0.2) is 0 Å². The highest BCUT2D eigenvalue weighted by molar-refractivity contribution is 6.01. The van der Waals surface area contributed by atoms with Gasteiger partial charge in [0.2, 0.25) is 5.91 Å². The van der Waals surface area contributed by atoms with Gasteiger partial charge in [0.05, 0.1) is 36.0 Å². The van der Waals surface area contributed by atoms with Crippen molar-refractivity contribution in [1.82, 2.24) is 0 Å². The largest absolute Gasteiger partial charge is 0.378 e. The summed E-state index contributed by atoms with van der Waals surface area (Å²) in [4.78, 5) is 12.3. The first-order valence-corrected chi connectivity index (χ1v) is 5.86. The summed E-state index contributed by atoms with van der Waals surface area (Å²) in [5.41, 5.74) is 2.48. The Kier molecular flexibility index (Phi) is 2.16. The van der Waals surface area contributed by atoms with Crippen LogP contribution in [0.15, 0.2) is 18.2 Å². The van der Waals surface area contributed by atoms with Gasteiger partial charge in [-0.1, -0.05) is 12.1 Å². The van der Waals surface area contributed by atoms with E-state index in [9.17, 15) is 4.79 Å². The Morgan fingerprint density at radius 2 is 2.29 bits per heavy atom. The second-order valence-corrected chi connectivity index (χ2v) is 5.08. The second-order valence-electron chi connectivity index (χ2n) is 5.08. The van der Waals surface area contributed by atoms with E-state index in [1.807, 2.05) is 32.0 Å². The number of fused-ring (bicyclic) bond motifs is 2. The summed E-state index contributed by atoms with van der Waals surface area (Å²) in [5, 5.41) is 6.45. The molecule has 2 aliphatic rings. The van der Waals surface area contributed by atoms with Crippen molar-refractivity contribution >= 4 is 17.3 Å². The van der Waals surface area contributed by atoms with Crippen LogP contribution in [-0.4, -0.2) is 25.2 Å². The molecule has 2 atom stereocenters. The predicted octanol–water partition coefficient (Wildman–Crippen LogP) is 1.76. The van der Waals surface area contributed by atoms with Crippen molar-refractivity contribution in [3.8, 4) is 0 Å². The van der Waals surface area contributed by atoms with Crippen molar-refractivity contribution < 1.29 is 9.53 Å². The van der Waals surface area contributed by atoms with Crippen molar-refractivity contribution in [1.29, 1.82) is 0 Å². The molecular formula is C13H16N2O2. The molecule has 1 saturated heterocycles. The number of carbonyl (C=O) groups is 1. The number of aryl methyl sites for hydroxylation is 1. The quantitative estimate of drug-likeness (QED) is 0.716. The molecule has 17 heavy (non-hydrogen) atoms. The Balaban J connectivity index is 2.09. The first kappa shape index (κ1) is 10.6. The number of anilines is 2. The fourth-order valence-electron chi connectivity index (χ4n) is 2.50. The van der Waals surface area contributed by atoms with Gasteiger partial charge in [-0.3, -0.25) is 4.79 Å². The molecule has 4 heteroatoms. The van der Waals surface area contributed by atoms with Crippen molar-refractivity contribution in [2.45, 2.75) is 19.9 Å². The molecule has 2 heterocycles. The van der Waals surface area contributed by atoms with Crippen molar-refractivity contribution in [2.75, 3.05) is 23.8 Å². The van der Waals surface area contributed by atoms with E-state index in [0.717, 1.165) is 16.9 Å². The van der Waals surface area contributed by atoms with Crippen LogP contribution in [0.5, 0.6) is 0 Å². The standard InChI is InChI=1S/C13H16N2O2/c1-8-4-3-5-9-11(8)15-12(16)13(2)7-17-6-10(13)14-9/h3-5,10,14H,6-7H2,1-2H3,(H,15,16). The molecule has 2 unspecified atom stereocenters. The zero-order valence-electron chi connectivity index (χ0n) is 10.0. The number of carbonyl (C=O) groups excluding carboxylic acids is 1. The van der Waals surface area contributed by atoms with E-state index in [4.69, 9.17) is 4.74 Å². The maximum atomic E-state index is 12.3. The summed E-state index contributed by atoms with van der Waals surface area (Å²) in [6, 6.07) is 6.03. The zero-order chi connectivity index (χ0) is 12.0. The number of para-hydroxylation sites is 1. The predicted molar refractivity (Wildman–Crippen MR) is 66.1 cm³/mol. The third-order valence-corrected chi connectivity index (χ3v) is 3.82. The third-order valence-electron chi connectivity index (χ3n) is 3.82. The SMILES string of the molecule is Cc1cccc2c1NC(=O)C1(C)COCC1N2. The summed E-state index contributed by atoms with van der Waals surface area (Å²) in [7, 11) is 0. The molecule has 3 rings (SSSR count). The number of amides is 1. The summed E-state index contributed by atoms with van der Waals surface area (Å²) >= 11 is 0. The van der Waals surface area contributed by atoms with Gasteiger partial charge in [-0.2, -0.15) is 0 Å². The van der Waals surface area contributed by atoms with Crippen LogP contribution in [0.25, 0.3) is 0 Å². The third kappa shape index (κ3) is 1.44. The normalized spacial score (nSPS) is 30.9. The molecule has 1 fully saturated rings. The van der Waals surface area contributed by atoms with E-state index in [-0.39, 0.29) is 11.9 Å². The van der Waals surface area contributed by atoms with Crippen LogP contribution >= 0.6 is 0 Å². The van der Waals surface area contributed by atoms with E-state index in [2.05, 4.69) is 10.6 Å². The average Bonchev–Trinajstić information content (AvgIpc) is 2.62. The first-order valence-electron chi connectivity index (χ1n) is 5.86. The highest BCUT2D eigenvalue weighted by Gasteiger charge is 2.48. The molecule has 0 spiro atoms. The Hall–Kier alpha value is -1.55. The fraction of sp³-hybridized carbons (Fsp3) is 0.462. The van der Waals surface area contributed by atoms with Gasteiger partial charge in [-0.15, -0.1) is 0 Å². The molecule has 0 radical (unpaired) electrons. The number of ether oxygens (including phenoxy) is 1. The lowest BCUT2D eigenvalue weighted by Crippen LogP contribution is -2.44. The average molecular weight is 232 g/mol. The summed E-state index contributed by atoms with van der Waals surface area (Å²) < 4.78 is 5.44. The molecule has 1 amide bonds. The molecular weight excluding hydrogens is 216 g/mol. The molecule has 1 aromatic rings. The van der Waals surface area contributed by atoms with Crippen LogP contribution in [0, 0.1) is 12.3 Å². The van der Waals surface area contributed by atoms with Gasteiger partial charge in [0.25, 0.3) is 0 Å².